The maximum atomic E-state index is 6.83. The summed E-state index contributed by atoms with van der Waals surface area (Å²) in [5.74, 6) is 2.16. The Labute approximate surface area is 281 Å². The van der Waals surface area contributed by atoms with Crippen LogP contribution in [0, 0.1) is 0 Å². The lowest BCUT2D eigenvalue weighted by Crippen LogP contribution is -2.09. The molecule has 0 fully saturated rings. The van der Waals surface area contributed by atoms with Crippen molar-refractivity contribution in [3.8, 4) is 11.5 Å². The number of benzene rings is 2. The van der Waals surface area contributed by atoms with E-state index in [9.17, 15) is 0 Å². The molecule has 1 nitrogen and oxygen atoms in total. The van der Waals surface area contributed by atoms with Gasteiger partial charge in [-0.15, -0.1) is 0 Å². The van der Waals surface area contributed by atoms with Crippen molar-refractivity contribution < 1.29 is 4.74 Å². The van der Waals surface area contributed by atoms with Gasteiger partial charge >= 0.3 is 0 Å². The third-order valence-electron chi connectivity index (χ3n) is 9.83. The first-order valence-corrected chi connectivity index (χ1v) is 20.1. The predicted octanol–water partition coefficient (Wildman–Crippen LogP) is 15.1. The Hall–Kier alpha value is -1.76. The van der Waals surface area contributed by atoms with E-state index >= 15 is 0 Å². The van der Waals surface area contributed by atoms with Gasteiger partial charge in [-0.1, -0.05) is 174 Å². The lowest BCUT2D eigenvalue weighted by Gasteiger charge is -2.23. The van der Waals surface area contributed by atoms with Crippen LogP contribution in [-0.2, 0) is 25.7 Å². The lowest BCUT2D eigenvalue weighted by molar-refractivity contribution is 0.470. The summed E-state index contributed by atoms with van der Waals surface area (Å²) < 4.78 is 6.83. The molecule has 2 aromatic carbocycles. The highest BCUT2D eigenvalue weighted by Crippen LogP contribution is 2.37. The lowest BCUT2D eigenvalue weighted by atomic mass is 9.84. The average Bonchev–Trinajstić information content (AvgIpc) is 3.06. The van der Waals surface area contributed by atoms with Crippen LogP contribution in [0.4, 0.5) is 0 Å². The highest BCUT2D eigenvalue weighted by atomic mass is 16.5. The normalized spacial score (nSPS) is 11.4. The number of hydrogen-bond acceptors (Lipinski definition) is 1. The van der Waals surface area contributed by atoms with Crippen molar-refractivity contribution in [3.63, 3.8) is 0 Å². The zero-order valence-electron chi connectivity index (χ0n) is 30.7. The molecule has 0 saturated heterocycles. The van der Waals surface area contributed by atoms with E-state index in [2.05, 4.69) is 64.1 Å². The summed E-state index contributed by atoms with van der Waals surface area (Å²) in [7, 11) is 0. The summed E-state index contributed by atoms with van der Waals surface area (Å²) in [4.78, 5) is 0. The van der Waals surface area contributed by atoms with Gasteiger partial charge in [-0.05, 0) is 91.8 Å². The van der Waals surface area contributed by atoms with Crippen molar-refractivity contribution in [1.29, 1.82) is 0 Å². The second-order valence-corrected chi connectivity index (χ2v) is 14.0. The molecule has 0 aliphatic rings. The van der Waals surface area contributed by atoms with Crippen LogP contribution < -0.4 is 4.74 Å². The van der Waals surface area contributed by atoms with Gasteiger partial charge in [0.05, 0.1) is 0 Å². The van der Waals surface area contributed by atoms with Crippen LogP contribution in [0.25, 0.3) is 0 Å². The summed E-state index contributed by atoms with van der Waals surface area (Å²) in [6, 6.07) is 13.1. The maximum absolute atomic E-state index is 6.83. The van der Waals surface area contributed by atoms with Crippen molar-refractivity contribution in [2.75, 3.05) is 0 Å². The van der Waals surface area contributed by atoms with Crippen molar-refractivity contribution in [2.24, 2.45) is 0 Å². The Bertz CT molecular complexity index is 945. The monoisotopic (exact) mass is 619 g/mol. The van der Waals surface area contributed by atoms with Gasteiger partial charge in [0.25, 0.3) is 0 Å². The highest BCUT2D eigenvalue weighted by molar-refractivity contribution is 5.52. The molecular weight excluding hydrogens is 544 g/mol. The van der Waals surface area contributed by atoms with Gasteiger partial charge in [0.15, 0.2) is 0 Å². The van der Waals surface area contributed by atoms with Crippen LogP contribution in [-0.4, -0.2) is 0 Å². The molecule has 0 N–H and O–H groups in total. The van der Waals surface area contributed by atoms with Gasteiger partial charge in [-0.25, -0.2) is 0 Å². The third-order valence-corrected chi connectivity index (χ3v) is 9.83. The van der Waals surface area contributed by atoms with E-state index in [1.807, 2.05) is 0 Å². The number of unbranched alkanes of at least 4 members (excludes halogenated alkanes) is 20. The second-order valence-electron chi connectivity index (χ2n) is 14.0. The second kappa shape index (κ2) is 27.4. The number of hydrogen-bond donors (Lipinski definition) is 0. The van der Waals surface area contributed by atoms with Crippen LogP contribution in [0.3, 0.4) is 0 Å². The molecule has 0 heterocycles. The number of rotatable bonds is 30. The quantitative estimate of drug-likeness (QED) is 0.0791. The predicted molar refractivity (Wildman–Crippen MR) is 201 cm³/mol. The number of aryl methyl sites for hydroxylation is 1. The number of para-hydroxylation sites is 1. The van der Waals surface area contributed by atoms with Gasteiger partial charge in [-0.3, -0.25) is 0 Å². The summed E-state index contributed by atoms with van der Waals surface area (Å²) >= 11 is 0. The summed E-state index contributed by atoms with van der Waals surface area (Å²) in [6.45, 7) is 9.29. The third kappa shape index (κ3) is 17.7. The van der Waals surface area contributed by atoms with Gasteiger partial charge in [0.2, 0.25) is 0 Å². The Kier molecular flexibility index (Phi) is 24.0. The molecule has 2 rings (SSSR count). The molecule has 0 spiro atoms. The highest BCUT2D eigenvalue weighted by Gasteiger charge is 2.19. The Morgan fingerprint density at radius 1 is 0.378 bits per heavy atom. The Morgan fingerprint density at radius 2 is 0.756 bits per heavy atom. The molecule has 45 heavy (non-hydrogen) atoms. The molecule has 1 heteroatoms. The Morgan fingerprint density at radius 3 is 1.22 bits per heavy atom. The molecule has 0 aliphatic heterocycles. The summed E-state index contributed by atoms with van der Waals surface area (Å²) in [6.07, 6.45) is 37.5. The van der Waals surface area contributed by atoms with Gasteiger partial charge < -0.3 is 4.74 Å². The zero-order valence-corrected chi connectivity index (χ0v) is 30.7. The first-order valence-electron chi connectivity index (χ1n) is 20.1. The van der Waals surface area contributed by atoms with E-state index in [1.165, 1.54) is 186 Å². The molecule has 0 aliphatic carbocycles. The van der Waals surface area contributed by atoms with Gasteiger partial charge in [-0.2, -0.15) is 0 Å². The van der Waals surface area contributed by atoms with E-state index in [0.717, 1.165) is 5.75 Å². The van der Waals surface area contributed by atoms with E-state index in [4.69, 9.17) is 4.74 Å². The van der Waals surface area contributed by atoms with E-state index in [-0.39, 0.29) is 0 Å². The Balaban J connectivity index is 2.41. The minimum Gasteiger partial charge on any atom is -0.457 e. The minimum atomic E-state index is 0.987. The smallest absolute Gasteiger partial charge is 0.131 e. The SMILES string of the molecule is CCCCCCCCc1cc(Oc2ccccc2)c(CCCCCCCC)c(CCCCCCCC)c1CCCCCCCC. The molecule has 0 atom stereocenters. The molecule has 0 saturated carbocycles. The summed E-state index contributed by atoms with van der Waals surface area (Å²) in [5.41, 5.74) is 6.59. The molecule has 2 aromatic rings. The zero-order chi connectivity index (χ0) is 32.2. The first kappa shape index (κ1) is 39.4. The van der Waals surface area contributed by atoms with Crippen molar-refractivity contribution in [2.45, 2.75) is 207 Å². The first-order chi connectivity index (χ1) is 22.2. The summed E-state index contributed by atoms with van der Waals surface area (Å²) in [5, 5.41) is 0. The van der Waals surface area contributed by atoms with Crippen LogP contribution in [0.1, 0.15) is 204 Å². The van der Waals surface area contributed by atoms with E-state index in [1.54, 1.807) is 22.3 Å². The maximum Gasteiger partial charge on any atom is 0.131 e. The minimum absolute atomic E-state index is 0.987. The van der Waals surface area contributed by atoms with Gasteiger partial charge in [0, 0.05) is 0 Å². The standard InChI is InChI=1S/C44H74O/c1-5-9-13-17-21-26-32-39-38-44(45-40-33-27-25-28-34-40)43(37-31-24-20-16-12-8-4)42(36-30-23-19-15-11-7-3)41(39)35-29-22-18-14-10-6-2/h25,27-28,33-34,38H,5-24,26,29-32,35-37H2,1-4H3. The van der Waals surface area contributed by atoms with E-state index in [0.29, 0.717) is 0 Å². The largest absolute Gasteiger partial charge is 0.457 e. The van der Waals surface area contributed by atoms with Gasteiger partial charge in [0.1, 0.15) is 11.5 Å². The van der Waals surface area contributed by atoms with Crippen molar-refractivity contribution >= 4 is 0 Å². The van der Waals surface area contributed by atoms with Crippen LogP contribution in [0.2, 0.25) is 0 Å². The van der Waals surface area contributed by atoms with E-state index < -0.39 is 0 Å². The fourth-order valence-corrected chi connectivity index (χ4v) is 7.02. The average molecular weight is 619 g/mol. The molecule has 0 amide bonds. The molecule has 0 aromatic heterocycles. The molecular formula is C44H74O. The van der Waals surface area contributed by atoms with Crippen molar-refractivity contribution in [1.82, 2.24) is 0 Å². The molecule has 0 radical (unpaired) electrons. The number of ether oxygens (including phenoxy) is 1. The molecule has 0 unspecified atom stereocenters. The van der Waals surface area contributed by atoms with Crippen molar-refractivity contribution in [3.05, 3.63) is 58.7 Å². The molecule has 0 bridgehead atoms. The van der Waals surface area contributed by atoms with Crippen LogP contribution in [0.5, 0.6) is 11.5 Å². The topological polar surface area (TPSA) is 9.23 Å². The molecule has 256 valence electrons. The fraction of sp³-hybridized carbons (Fsp3) is 0.727. The van der Waals surface area contributed by atoms with Crippen LogP contribution in [0.15, 0.2) is 36.4 Å². The fourth-order valence-electron chi connectivity index (χ4n) is 7.02. The van der Waals surface area contributed by atoms with Crippen LogP contribution >= 0.6 is 0 Å².